The second kappa shape index (κ2) is 4.85. The van der Waals surface area contributed by atoms with E-state index in [0.29, 0.717) is 0 Å². The summed E-state index contributed by atoms with van der Waals surface area (Å²) in [4.78, 5) is 35.6. The fourth-order valence-corrected chi connectivity index (χ4v) is 2.29. The first kappa shape index (κ1) is 13.7. The molecule has 0 bridgehead atoms. The van der Waals surface area contributed by atoms with E-state index < -0.39 is 5.91 Å². The molecule has 0 radical (unpaired) electrons. The summed E-state index contributed by atoms with van der Waals surface area (Å²) < 4.78 is 0. The minimum absolute atomic E-state index is 0.181. The summed E-state index contributed by atoms with van der Waals surface area (Å²) in [5, 5.41) is 0. The monoisotopic (exact) mass is 240 g/mol. The lowest BCUT2D eigenvalue weighted by atomic mass is 9.72. The molecule has 0 aromatic heterocycles. The van der Waals surface area contributed by atoms with Crippen LogP contribution >= 0.6 is 0 Å². The number of amides is 3. The van der Waals surface area contributed by atoms with Crippen molar-refractivity contribution in [1.82, 2.24) is 4.90 Å². The Morgan fingerprint density at radius 3 is 2.35 bits per heavy atom. The molecule has 1 unspecified atom stereocenters. The molecule has 0 aliphatic carbocycles. The molecule has 1 rings (SSSR count). The predicted octanol–water partition coefficient (Wildman–Crippen LogP) is 0.673. The molecule has 1 aliphatic heterocycles. The normalized spacial score (nSPS) is 21.1. The molecule has 0 saturated carbocycles. The van der Waals surface area contributed by atoms with Crippen molar-refractivity contribution in [3.8, 4) is 0 Å². The predicted molar refractivity (Wildman–Crippen MR) is 62.7 cm³/mol. The van der Waals surface area contributed by atoms with Crippen LogP contribution in [0, 0.1) is 11.3 Å². The molecule has 96 valence electrons. The molecular formula is C12H20N2O3. The van der Waals surface area contributed by atoms with Gasteiger partial charge in [-0.15, -0.1) is 0 Å². The number of hydrogen-bond acceptors (Lipinski definition) is 3. The van der Waals surface area contributed by atoms with E-state index in [1.54, 1.807) is 0 Å². The fourth-order valence-electron chi connectivity index (χ4n) is 2.29. The molecule has 3 amide bonds. The second-order valence-electron chi connectivity index (χ2n) is 4.90. The van der Waals surface area contributed by atoms with E-state index in [2.05, 4.69) is 0 Å². The Hall–Kier alpha value is -1.39. The number of carbonyl (C=O) groups is 3. The molecule has 2 N–H and O–H groups in total. The lowest BCUT2D eigenvalue weighted by Gasteiger charge is -2.31. The molecular weight excluding hydrogens is 220 g/mol. The number of likely N-dealkylation sites (tertiary alicyclic amines) is 1. The Labute approximate surface area is 101 Å². The zero-order valence-corrected chi connectivity index (χ0v) is 10.7. The third-order valence-electron chi connectivity index (χ3n) is 4.01. The first-order chi connectivity index (χ1) is 7.85. The molecule has 1 atom stereocenters. The van der Waals surface area contributed by atoms with Gasteiger partial charge < -0.3 is 5.73 Å². The standard InChI is InChI=1S/C12H20N2O3/c1-4-12(3,5-2)8-6-10(16)14(11(8)17)7-9(13)15/h8H,4-7H2,1-3H3,(H2,13,15). The Morgan fingerprint density at radius 2 is 1.94 bits per heavy atom. The lowest BCUT2D eigenvalue weighted by molar-refractivity contribution is -0.143. The van der Waals surface area contributed by atoms with E-state index >= 15 is 0 Å². The van der Waals surface area contributed by atoms with Crippen molar-refractivity contribution in [2.24, 2.45) is 17.1 Å². The summed E-state index contributed by atoms with van der Waals surface area (Å²) in [7, 11) is 0. The van der Waals surface area contributed by atoms with E-state index in [1.165, 1.54) is 0 Å². The van der Waals surface area contributed by atoms with Crippen LogP contribution in [0.4, 0.5) is 0 Å². The summed E-state index contributed by atoms with van der Waals surface area (Å²) in [6.07, 6.45) is 1.86. The van der Waals surface area contributed by atoms with Gasteiger partial charge >= 0.3 is 0 Å². The van der Waals surface area contributed by atoms with Gasteiger partial charge in [0.1, 0.15) is 6.54 Å². The topological polar surface area (TPSA) is 80.5 Å². The van der Waals surface area contributed by atoms with Gasteiger partial charge in [-0.3, -0.25) is 19.3 Å². The number of imide groups is 1. The molecule has 17 heavy (non-hydrogen) atoms. The molecule has 5 nitrogen and oxygen atoms in total. The number of nitrogens with two attached hydrogens (primary N) is 1. The zero-order chi connectivity index (χ0) is 13.2. The summed E-state index contributed by atoms with van der Waals surface area (Å²) in [5.74, 6) is -1.50. The van der Waals surface area contributed by atoms with Crippen molar-refractivity contribution in [1.29, 1.82) is 0 Å². The van der Waals surface area contributed by atoms with Crippen molar-refractivity contribution in [3.63, 3.8) is 0 Å². The number of primary amides is 1. The van der Waals surface area contributed by atoms with Crippen molar-refractivity contribution in [2.45, 2.75) is 40.0 Å². The lowest BCUT2D eigenvalue weighted by Crippen LogP contribution is -2.40. The van der Waals surface area contributed by atoms with Gasteiger partial charge in [0, 0.05) is 6.42 Å². The molecule has 0 aromatic carbocycles. The number of nitrogens with zero attached hydrogens (tertiary/aromatic N) is 1. The fraction of sp³-hybridized carbons (Fsp3) is 0.750. The third kappa shape index (κ3) is 2.48. The van der Waals surface area contributed by atoms with Gasteiger partial charge in [0.25, 0.3) is 0 Å². The van der Waals surface area contributed by atoms with E-state index in [-0.39, 0.29) is 36.1 Å². The third-order valence-corrected chi connectivity index (χ3v) is 4.01. The van der Waals surface area contributed by atoms with Gasteiger partial charge in [0.05, 0.1) is 5.92 Å². The highest BCUT2D eigenvalue weighted by atomic mass is 16.2. The summed E-state index contributed by atoms with van der Waals surface area (Å²) >= 11 is 0. The van der Waals surface area contributed by atoms with E-state index in [1.807, 2.05) is 20.8 Å². The molecule has 1 aliphatic rings. The van der Waals surface area contributed by atoms with Crippen LogP contribution in [-0.2, 0) is 14.4 Å². The number of rotatable bonds is 5. The number of carbonyl (C=O) groups excluding carboxylic acids is 3. The maximum atomic E-state index is 12.1. The number of hydrogen-bond donors (Lipinski definition) is 1. The largest absolute Gasteiger partial charge is 0.368 e. The Balaban J connectivity index is 2.91. The minimum atomic E-state index is -0.651. The van der Waals surface area contributed by atoms with Gasteiger partial charge in [-0.1, -0.05) is 20.8 Å². The van der Waals surface area contributed by atoms with Crippen LogP contribution < -0.4 is 5.73 Å². The first-order valence-corrected chi connectivity index (χ1v) is 5.98. The summed E-state index contributed by atoms with van der Waals surface area (Å²) in [5.41, 5.74) is 4.85. The van der Waals surface area contributed by atoms with Gasteiger partial charge in [0.15, 0.2) is 0 Å². The molecule has 1 heterocycles. The van der Waals surface area contributed by atoms with Crippen LogP contribution in [0.25, 0.3) is 0 Å². The van der Waals surface area contributed by atoms with Crippen molar-refractivity contribution in [3.05, 3.63) is 0 Å². The van der Waals surface area contributed by atoms with Crippen molar-refractivity contribution < 1.29 is 14.4 Å². The maximum absolute atomic E-state index is 12.1. The highest BCUT2D eigenvalue weighted by Gasteiger charge is 2.47. The van der Waals surface area contributed by atoms with Crippen LogP contribution in [0.2, 0.25) is 0 Å². The van der Waals surface area contributed by atoms with Gasteiger partial charge in [0.2, 0.25) is 17.7 Å². The van der Waals surface area contributed by atoms with Gasteiger partial charge in [-0.05, 0) is 18.3 Å². The average molecular weight is 240 g/mol. The Kier molecular flexibility index (Phi) is 3.91. The van der Waals surface area contributed by atoms with E-state index in [4.69, 9.17) is 5.73 Å². The van der Waals surface area contributed by atoms with E-state index in [9.17, 15) is 14.4 Å². The molecule has 0 aromatic rings. The van der Waals surface area contributed by atoms with Crippen molar-refractivity contribution >= 4 is 17.7 Å². The van der Waals surface area contributed by atoms with Crippen LogP contribution in [0.5, 0.6) is 0 Å². The quantitative estimate of drug-likeness (QED) is 0.717. The highest BCUT2D eigenvalue weighted by molar-refractivity contribution is 6.06. The molecule has 1 fully saturated rings. The van der Waals surface area contributed by atoms with Crippen LogP contribution in [-0.4, -0.2) is 29.2 Å². The van der Waals surface area contributed by atoms with E-state index in [0.717, 1.165) is 17.7 Å². The Bertz CT molecular complexity index is 348. The van der Waals surface area contributed by atoms with Gasteiger partial charge in [-0.2, -0.15) is 0 Å². The Morgan fingerprint density at radius 1 is 1.41 bits per heavy atom. The summed E-state index contributed by atoms with van der Waals surface area (Å²) in [6, 6.07) is 0. The average Bonchev–Trinajstić information content (AvgIpc) is 2.56. The molecule has 1 saturated heterocycles. The zero-order valence-electron chi connectivity index (χ0n) is 10.7. The minimum Gasteiger partial charge on any atom is -0.368 e. The van der Waals surface area contributed by atoms with Gasteiger partial charge in [-0.25, -0.2) is 0 Å². The molecule has 0 spiro atoms. The first-order valence-electron chi connectivity index (χ1n) is 5.98. The highest BCUT2D eigenvalue weighted by Crippen LogP contribution is 2.41. The molecule has 5 heteroatoms. The SMILES string of the molecule is CCC(C)(CC)C1CC(=O)N(CC(N)=O)C1=O. The second-order valence-corrected chi connectivity index (χ2v) is 4.90. The maximum Gasteiger partial charge on any atom is 0.237 e. The van der Waals surface area contributed by atoms with Crippen molar-refractivity contribution in [2.75, 3.05) is 6.54 Å². The smallest absolute Gasteiger partial charge is 0.237 e. The summed E-state index contributed by atoms with van der Waals surface area (Å²) in [6.45, 7) is 5.74. The van der Waals surface area contributed by atoms with Crippen LogP contribution in [0.3, 0.4) is 0 Å². The van der Waals surface area contributed by atoms with Crippen LogP contribution in [0.1, 0.15) is 40.0 Å². The van der Waals surface area contributed by atoms with Crippen LogP contribution in [0.15, 0.2) is 0 Å².